The lowest BCUT2D eigenvalue weighted by Crippen LogP contribution is -2.17. The summed E-state index contributed by atoms with van der Waals surface area (Å²) in [6, 6.07) is 5.90. The van der Waals surface area contributed by atoms with Crippen LogP contribution in [0.2, 0.25) is 5.02 Å². The van der Waals surface area contributed by atoms with E-state index in [4.69, 9.17) is 11.6 Å². The Morgan fingerprint density at radius 3 is 2.72 bits per heavy atom. The highest BCUT2D eigenvalue weighted by atomic mass is 35.5. The molecule has 0 aliphatic rings. The number of benzene rings is 1. The predicted molar refractivity (Wildman–Crippen MR) is 72.1 cm³/mol. The zero-order valence-corrected chi connectivity index (χ0v) is 11.2. The number of carbonyl (C=O) groups excluding carboxylic acids is 1. The molecule has 5 heteroatoms. The smallest absolute Gasteiger partial charge is 0.275 e. The third-order valence-corrected chi connectivity index (χ3v) is 3.03. The van der Waals surface area contributed by atoms with Crippen LogP contribution in [-0.4, -0.2) is 15.7 Å². The van der Waals surface area contributed by atoms with Crippen LogP contribution in [0.5, 0.6) is 0 Å². The van der Waals surface area contributed by atoms with Gasteiger partial charge in [0.25, 0.3) is 5.91 Å². The summed E-state index contributed by atoms with van der Waals surface area (Å²) < 4.78 is 1.46. The van der Waals surface area contributed by atoms with E-state index in [1.807, 2.05) is 32.0 Å². The number of aryl methyl sites for hydroxylation is 3. The van der Waals surface area contributed by atoms with E-state index in [2.05, 4.69) is 10.4 Å². The molecule has 0 radical (unpaired) electrons. The molecular formula is C13H14ClN3O. The van der Waals surface area contributed by atoms with Gasteiger partial charge in [0.05, 0.1) is 11.2 Å². The molecule has 0 unspecified atom stereocenters. The van der Waals surface area contributed by atoms with Gasteiger partial charge in [-0.1, -0.05) is 23.7 Å². The zero-order valence-electron chi connectivity index (χ0n) is 10.5. The fraction of sp³-hybridized carbons (Fsp3) is 0.231. The number of halogens is 1. The van der Waals surface area contributed by atoms with Gasteiger partial charge in [-0.15, -0.1) is 0 Å². The van der Waals surface area contributed by atoms with Crippen LogP contribution < -0.4 is 5.32 Å². The molecule has 4 nitrogen and oxygen atoms in total. The maximum absolute atomic E-state index is 12.1. The number of hydrogen-bond acceptors (Lipinski definition) is 2. The van der Waals surface area contributed by atoms with E-state index < -0.39 is 0 Å². The second-order valence-electron chi connectivity index (χ2n) is 4.24. The van der Waals surface area contributed by atoms with Gasteiger partial charge in [-0.2, -0.15) is 5.10 Å². The second kappa shape index (κ2) is 4.82. The van der Waals surface area contributed by atoms with Crippen molar-refractivity contribution in [3.8, 4) is 0 Å². The van der Waals surface area contributed by atoms with Crippen molar-refractivity contribution in [1.82, 2.24) is 9.78 Å². The van der Waals surface area contributed by atoms with Gasteiger partial charge in [-0.3, -0.25) is 9.48 Å². The third-order valence-electron chi connectivity index (χ3n) is 2.75. The Morgan fingerprint density at radius 1 is 1.39 bits per heavy atom. The van der Waals surface area contributed by atoms with Gasteiger partial charge in [0, 0.05) is 12.7 Å². The molecule has 0 saturated heterocycles. The Kier molecular flexibility index (Phi) is 3.39. The molecule has 1 heterocycles. The highest BCUT2D eigenvalue weighted by Crippen LogP contribution is 2.20. The summed E-state index contributed by atoms with van der Waals surface area (Å²) in [5.74, 6) is -0.256. The van der Waals surface area contributed by atoms with E-state index in [1.165, 1.54) is 10.9 Å². The lowest BCUT2D eigenvalue weighted by Gasteiger charge is -2.09. The molecule has 18 heavy (non-hydrogen) atoms. The Bertz CT molecular complexity index is 585. The molecule has 0 fully saturated rings. The van der Waals surface area contributed by atoms with Gasteiger partial charge >= 0.3 is 0 Å². The maximum Gasteiger partial charge on any atom is 0.275 e. The van der Waals surface area contributed by atoms with Crippen molar-refractivity contribution in [1.29, 1.82) is 0 Å². The number of anilines is 1. The van der Waals surface area contributed by atoms with Crippen LogP contribution in [0.4, 0.5) is 5.69 Å². The first-order valence-electron chi connectivity index (χ1n) is 5.55. The van der Waals surface area contributed by atoms with Crippen LogP contribution in [-0.2, 0) is 7.05 Å². The maximum atomic E-state index is 12.1. The minimum absolute atomic E-state index is 0.256. The SMILES string of the molecule is Cc1ccc(C)c(NC(=O)c2c(Cl)cnn2C)c1. The van der Waals surface area contributed by atoms with E-state index in [-0.39, 0.29) is 5.91 Å². The van der Waals surface area contributed by atoms with E-state index >= 15 is 0 Å². The van der Waals surface area contributed by atoms with Crippen LogP contribution in [0.15, 0.2) is 24.4 Å². The Morgan fingerprint density at radius 2 is 2.11 bits per heavy atom. The van der Waals surface area contributed by atoms with Crippen LogP contribution >= 0.6 is 11.6 Å². The normalized spacial score (nSPS) is 10.4. The average molecular weight is 264 g/mol. The number of aromatic nitrogens is 2. The molecular weight excluding hydrogens is 250 g/mol. The molecule has 2 rings (SSSR count). The lowest BCUT2D eigenvalue weighted by atomic mass is 10.1. The van der Waals surface area contributed by atoms with Crippen molar-refractivity contribution < 1.29 is 4.79 Å². The molecule has 94 valence electrons. The monoisotopic (exact) mass is 263 g/mol. The first-order valence-corrected chi connectivity index (χ1v) is 5.93. The molecule has 0 aliphatic heterocycles. The lowest BCUT2D eigenvalue weighted by molar-refractivity contribution is 0.101. The van der Waals surface area contributed by atoms with Gasteiger partial charge in [0.15, 0.2) is 0 Å². The molecule has 1 aromatic heterocycles. The number of nitrogens with zero attached hydrogens (tertiary/aromatic N) is 2. The molecule has 0 bridgehead atoms. The molecule has 1 aromatic carbocycles. The molecule has 0 aliphatic carbocycles. The Hall–Kier alpha value is -1.81. The predicted octanol–water partition coefficient (Wildman–Crippen LogP) is 2.94. The van der Waals surface area contributed by atoms with Gasteiger partial charge in [0.1, 0.15) is 5.69 Å². The summed E-state index contributed by atoms with van der Waals surface area (Å²) in [5.41, 5.74) is 3.24. The Balaban J connectivity index is 2.30. The zero-order chi connectivity index (χ0) is 13.3. The van der Waals surface area contributed by atoms with Crippen molar-refractivity contribution in [2.75, 3.05) is 5.32 Å². The fourth-order valence-corrected chi connectivity index (χ4v) is 1.97. The number of nitrogens with one attached hydrogen (secondary N) is 1. The van der Waals surface area contributed by atoms with Crippen LogP contribution in [0.25, 0.3) is 0 Å². The summed E-state index contributed by atoms with van der Waals surface area (Å²) >= 11 is 5.93. The summed E-state index contributed by atoms with van der Waals surface area (Å²) in [4.78, 5) is 12.1. The number of hydrogen-bond donors (Lipinski definition) is 1. The van der Waals surface area contributed by atoms with Crippen molar-refractivity contribution in [3.05, 3.63) is 46.2 Å². The summed E-state index contributed by atoms with van der Waals surface area (Å²) in [5, 5.41) is 7.14. The number of rotatable bonds is 2. The van der Waals surface area contributed by atoms with Crippen molar-refractivity contribution >= 4 is 23.2 Å². The topological polar surface area (TPSA) is 46.9 Å². The standard InChI is InChI=1S/C13H14ClN3O/c1-8-4-5-9(2)11(6-8)16-13(18)12-10(14)7-15-17(12)3/h4-7H,1-3H3,(H,16,18). The van der Waals surface area contributed by atoms with E-state index in [0.717, 1.165) is 16.8 Å². The molecule has 1 amide bonds. The summed E-state index contributed by atoms with van der Waals surface area (Å²) in [6.07, 6.45) is 1.46. The minimum atomic E-state index is -0.256. The third kappa shape index (κ3) is 2.38. The summed E-state index contributed by atoms with van der Waals surface area (Å²) in [6.45, 7) is 3.92. The highest BCUT2D eigenvalue weighted by molar-refractivity contribution is 6.34. The van der Waals surface area contributed by atoms with E-state index in [1.54, 1.807) is 7.05 Å². The molecule has 0 saturated carbocycles. The second-order valence-corrected chi connectivity index (χ2v) is 4.64. The van der Waals surface area contributed by atoms with Crippen LogP contribution in [0.1, 0.15) is 21.6 Å². The first kappa shape index (κ1) is 12.6. The largest absolute Gasteiger partial charge is 0.320 e. The summed E-state index contributed by atoms with van der Waals surface area (Å²) in [7, 11) is 1.68. The average Bonchev–Trinajstić information content (AvgIpc) is 2.63. The van der Waals surface area contributed by atoms with Gasteiger partial charge < -0.3 is 5.32 Å². The Labute approximate surface area is 111 Å². The van der Waals surface area contributed by atoms with Crippen LogP contribution in [0.3, 0.4) is 0 Å². The van der Waals surface area contributed by atoms with Gasteiger partial charge in [-0.25, -0.2) is 0 Å². The minimum Gasteiger partial charge on any atom is -0.320 e. The highest BCUT2D eigenvalue weighted by Gasteiger charge is 2.16. The number of carbonyl (C=O) groups is 1. The van der Waals surface area contributed by atoms with Crippen LogP contribution in [0, 0.1) is 13.8 Å². The van der Waals surface area contributed by atoms with Crippen molar-refractivity contribution in [2.24, 2.45) is 7.05 Å². The molecule has 1 N–H and O–H groups in total. The van der Waals surface area contributed by atoms with Crippen molar-refractivity contribution in [2.45, 2.75) is 13.8 Å². The fourth-order valence-electron chi connectivity index (χ4n) is 1.72. The molecule has 2 aromatic rings. The van der Waals surface area contributed by atoms with E-state index in [9.17, 15) is 4.79 Å². The van der Waals surface area contributed by atoms with E-state index in [0.29, 0.717) is 10.7 Å². The quantitative estimate of drug-likeness (QED) is 0.906. The van der Waals surface area contributed by atoms with Gasteiger partial charge in [0.2, 0.25) is 0 Å². The molecule has 0 spiro atoms. The van der Waals surface area contributed by atoms with Crippen molar-refractivity contribution in [3.63, 3.8) is 0 Å². The van der Waals surface area contributed by atoms with Gasteiger partial charge in [-0.05, 0) is 31.0 Å². The first-order chi connectivity index (χ1) is 8.49. The molecule has 0 atom stereocenters. The number of amides is 1.